The van der Waals surface area contributed by atoms with Crippen LogP contribution in [-0.4, -0.2) is 6.04 Å². The van der Waals surface area contributed by atoms with Gasteiger partial charge in [0.05, 0.1) is 16.4 Å². The number of hydrogen-bond acceptors (Lipinski definition) is 2. The molecule has 0 amide bonds. The Labute approximate surface area is 115 Å². The third-order valence-corrected chi connectivity index (χ3v) is 4.37. The topological polar surface area (TPSA) is 38.0 Å². The van der Waals surface area contributed by atoms with Crippen LogP contribution in [0.1, 0.15) is 39.5 Å². The molecular weight excluding hydrogens is 244 g/mol. The molecule has 2 rings (SSSR count). The molecule has 1 aliphatic carbocycles. The minimum Gasteiger partial charge on any atom is -0.397 e. The Hall–Kier alpha value is -0.890. The van der Waals surface area contributed by atoms with E-state index in [0.29, 0.717) is 12.0 Å². The van der Waals surface area contributed by atoms with E-state index in [1.165, 1.54) is 25.7 Å². The maximum atomic E-state index is 6.23. The molecule has 0 radical (unpaired) electrons. The molecule has 1 fully saturated rings. The van der Waals surface area contributed by atoms with E-state index in [9.17, 15) is 0 Å². The maximum Gasteiger partial charge on any atom is 0.0765 e. The van der Waals surface area contributed by atoms with Gasteiger partial charge < -0.3 is 11.1 Å². The molecule has 1 saturated carbocycles. The maximum absolute atomic E-state index is 6.23. The van der Waals surface area contributed by atoms with Gasteiger partial charge in [-0.15, -0.1) is 0 Å². The standard InChI is InChI=1S/C15H23ClN2/c1-10(2)11-6-3-4-9-14(11)18-15-12(16)7-5-8-13(15)17/h5,7-8,10-11,14,18H,3-4,6,9,17H2,1-2H3. The highest BCUT2D eigenvalue weighted by molar-refractivity contribution is 6.33. The Morgan fingerprint density at radius 1 is 1.28 bits per heavy atom. The first-order valence-electron chi connectivity index (χ1n) is 6.90. The van der Waals surface area contributed by atoms with E-state index in [2.05, 4.69) is 19.2 Å². The van der Waals surface area contributed by atoms with E-state index in [4.69, 9.17) is 17.3 Å². The van der Waals surface area contributed by atoms with Gasteiger partial charge in [-0.2, -0.15) is 0 Å². The van der Waals surface area contributed by atoms with Gasteiger partial charge in [0.2, 0.25) is 0 Å². The van der Waals surface area contributed by atoms with Crippen molar-refractivity contribution >= 4 is 23.0 Å². The highest BCUT2D eigenvalue weighted by Crippen LogP contribution is 2.35. The normalized spacial score (nSPS) is 24.2. The zero-order chi connectivity index (χ0) is 13.1. The van der Waals surface area contributed by atoms with Gasteiger partial charge in [0.1, 0.15) is 0 Å². The predicted octanol–water partition coefficient (Wildman–Crippen LogP) is 4.55. The van der Waals surface area contributed by atoms with Gasteiger partial charge >= 0.3 is 0 Å². The molecule has 3 N–H and O–H groups in total. The summed E-state index contributed by atoms with van der Waals surface area (Å²) in [5.41, 5.74) is 7.67. The molecule has 2 unspecified atom stereocenters. The van der Waals surface area contributed by atoms with E-state index < -0.39 is 0 Å². The number of anilines is 2. The van der Waals surface area contributed by atoms with Crippen LogP contribution < -0.4 is 11.1 Å². The average molecular weight is 267 g/mol. The fourth-order valence-corrected chi connectivity index (χ4v) is 3.25. The average Bonchev–Trinajstić information content (AvgIpc) is 2.34. The number of nitrogen functional groups attached to an aromatic ring is 1. The first-order valence-corrected chi connectivity index (χ1v) is 7.28. The molecular formula is C15H23ClN2. The first kappa shape index (κ1) is 13.5. The second-order valence-electron chi connectivity index (χ2n) is 5.65. The van der Waals surface area contributed by atoms with Gasteiger partial charge in [0.15, 0.2) is 0 Å². The molecule has 18 heavy (non-hydrogen) atoms. The van der Waals surface area contributed by atoms with Crippen molar-refractivity contribution in [1.29, 1.82) is 0 Å². The van der Waals surface area contributed by atoms with E-state index in [-0.39, 0.29) is 0 Å². The van der Waals surface area contributed by atoms with Crippen molar-refractivity contribution in [2.75, 3.05) is 11.1 Å². The summed E-state index contributed by atoms with van der Waals surface area (Å²) in [5, 5.41) is 4.32. The number of benzene rings is 1. The number of hydrogen-bond donors (Lipinski definition) is 2. The van der Waals surface area contributed by atoms with Crippen molar-refractivity contribution in [2.24, 2.45) is 11.8 Å². The second-order valence-corrected chi connectivity index (χ2v) is 6.05. The summed E-state index contributed by atoms with van der Waals surface area (Å²) in [6.07, 6.45) is 5.16. The van der Waals surface area contributed by atoms with E-state index >= 15 is 0 Å². The molecule has 2 atom stereocenters. The monoisotopic (exact) mass is 266 g/mol. The molecule has 1 aromatic carbocycles. The molecule has 100 valence electrons. The third-order valence-electron chi connectivity index (χ3n) is 4.05. The lowest BCUT2D eigenvalue weighted by Gasteiger charge is -2.36. The summed E-state index contributed by atoms with van der Waals surface area (Å²) < 4.78 is 0. The van der Waals surface area contributed by atoms with Crippen molar-refractivity contribution in [2.45, 2.75) is 45.6 Å². The third kappa shape index (κ3) is 2.92. The van der Waals surface area contributed by atoms with Crippen LogP contribution in [0.25, 0.3) is 0 Å². The highest BCUT2D eigenvalue weighted by atomic mass is 35.5. The lowest BCUT2D eigenvalue weighted by atomic mass is 9.77. The first-order chi connectivity index (χ1) is 8.59. The van der Waals surface area contributed by atoms with Gasteiger partial charge in [-0.05, 0) is 36.8 Å². The summed E-state index contributed by atoms with van der Waals surface area (Å²) in [5.74, 6) is 1.42. The number of para-hydroxylation sites is 1. The lowest BCUT2D eigenvalue weighted by molar-refractivity contribution is 0.254. The number of nitrogens with two attached hydrogens (primary N) is 1. The van der Waals surface area contributed by atoms with Crippen LogP contribution in [0.3, 0.4) is 0 Å². The Balaban J connectivity index is 2.16. The molecule has 0 bridgehead atoms. The summed E-state index contributed by atoms with van der Waals surface area (Å²) in [4.78, 5) is 0. The van der Waals surface area contributed by atoms with Crippen LogP contribution in [0.5, 0.6) is 0 Å². The molecule has 0 spiro atoms. The summed E-state index contributed by atoms with van der Waals surface area (Å²) in [6, 6.07) is 6.19. The number of nitrogens with one attached hydrogen (secondary N) is 1. The molecule has 0 aromatic heterocycles. The smallest absolute Gasteiger partial charge is 0.0765 e. The number of rotatable bonds is 3. The van der Waals surface area contributed by atoms with E-state index in [1.54, 1.807) is 0 Å². The van der Waals surface area contributed by atoms with E-state index in [1.807, 2.05) is 18.2 Å². The fraction of sp³-hybridized carbons (Fsp3) is 0.600. The molecule has 0 aliphatic heterocycles. The van der Waals surface area contributed by atoms with Gasteiger partial charge in [-0.1, -0.05) is 44.4 Å². The summed E-state index contributed by atoms with van der Waals surface area (Å²) >= 11 is 6.23. The van der Waals surface area contributed by atoms with E-state index in [0.717, 1.165) is 22.3 Å². The largest absolute Gasteiger partial charge is 0.397 e. The Morgan fingerprint density at radius 2 is 2.00 bits per heavy atom. The second kappa shape index (κ2) is 5.83. The highest BCUT2D eigenvalue weighted by Gasteiger charge is 2.28. The minimum absolute atomic E-state index is 0.501. The van der Waals surface area contributed by atoms with Crippen LogP contribution in [-0.2, 0) is 0 Å². The van der Waals surface area contributed by atoms with Gasteiger partial charge in [0.25, 0.3) is 0 Å². The fourth-order valence-electron chi connectivity index (χ4n) is 3.02. The quantitative estimate of drug-likeness (QED) is 0.788. The van der Waals surface area contributed by atoms with Crippen molar-refractivity contribution in [1.82, 2.24) is 0 Å². The molecule has 2 nitrogen and oxygen atoms in total. The number of halogens is 1. The lowest BCUT2D eigenvalue weighted by Crippen LogP contribution is -2.35. The molecule has 3 heteroatoms. The van der Waals surface area contributed by atoms with Crippen LogP contribution in [0.4, 0.5) is 11.4 Å². The van der Waals surface area contributed by atoms with Crippen LogP contribution in [0, 0.1) is 11.8 Å². The van der Waals surface area contributed by atoms with Crippen LogP contribution >= 0.6 is 11.6 Å². The van der Waals surface area contributed by atoms with Gasteiger partial charge in [0, 0.05) is 6.04 Å². The van der Waals surface area contributed by atoms with Crippen molar-refractivity contribution in [3.8, 4) is 0 Å². The van der Waals surface area contributed by atoms with Crippen molar-refractivity contribution in [3.63, 3.8) is 0 Å². The van der Waals surface area contributed by atoms with Crippen molar-refractivity contribution in [3.05, 3.63) is 23.2 Å². The Bertz CT molecular complexity index is 383. The SMILES string of the molecule is CC(C)C1CCCCC1Nc1c(N)cccc1Cl. The molecule has 1 aliphatic rings. The van der Waals surface area contributed by atoms with Gasteiger partial charge in [-0.3, -0.25) is 0 Å². The zero-order valence-corrected chi connectivity index (χ0v) is 12.0. The molecule has 1 aromatic rings. The van der Waals surface area contributed by atoms with Crippen molar-refractivity contribution < 1.29 is 0 Å². The van der Waals surface area contributed by atoms with Gasteiger partial charge in [-0.25, -0.2) is 0 Å². The summed E-state index contributed by atoms with van der Waals surface area (Å²) in [7, 11) is 0. The summed E-state index contributed by atoms with van der Waals surface area (Å²) in [6.45, 7) is 4.61. The van der Waals surface area contributed by atoms with Crippen LogP contribution in [0.15, 0.2) is 18.2 Å². The van der Waals surface area contributed by atoms with Crippen LogP contribution in [0.2, 0.25) is 5.02 Å². The minimum atomic E-state index is 0.501. The molecule has 0 heterocycles. The molecule has 0 saturated heterocycles. The Morgan fingerprint density at radius 3 is 2.67 bits per heavy atom. The Kier molecular flexibility index (Phi) is 4.39. The predicted molar refractivity (Wildman–Crippen MR) is 80.1 cm³/mol. The zero-order valence-electron chi connectivity index (χ0n) is 11.2.